The Bertz CT molecular complexity index is 291. The monoisotopic (exact) mass is 268 g/mol. The van der Waals surface area contributed by atoms with Crippen LogP contribution in [0.5, 0.6) is 0 Å². The van der Waals surface area contributed by atoms with Gasteiger partial charge in [-0.3, -0.25) is 4.79 Å². The molecule has 0 aromatic rings. The van der Waals surface area contributed by atoms with Crippen molar-refractivity contribution in [3.05, 3.63) is 0 Å². The quantitative estimate of drug-likeness (QED) is 0.768. The first-order valence-corrected chi connectivity index (χ1v) is 7.86. The second kappa shape index (κ2) is 6.71. The summed E-state index contributed by atoms with van der Waals surface area (Å²) in [6.45, 7) is 4.59. The standard InChI is InChI=1S/C15H28N2O2/c1-2-7-15(8-4-9-16-12-15)14(19)17(10-11-18)13-5-3-6-13/h13,16,18H,2-12H2,1H3. The van der Waals surface area contributed by atoms with Crippen LogP contribution in [0.15, 0.2) is 0 Å². The van der Waals surface area contributed by atoms with Gasteiger partial charge in [-0.1, -0.05) is 13.3 Å². The van der Waals surface area contributed by atoms with E-state index in [1.165, 1.54) is 6.42 Å². The summed E-state index contributed by atoms with van der Waals surface area (Å²) in [7, 11) is 0. The van der Waals surface area contributed by atoms with Crippen LogP contribution in [0.25, 0.3) is 0 Å². The fraction of sp³-hybridized carbons (Fsp3) is 0.933. The fourth-order valence-electron chi connectivity index (χ4n) is 3.51. The van der Waals surface area contributed by atoms with Crippen LogP contribution in [0, 0.1) is 5.41 Å². The van der Waals surface area contributed by atoms with E-state index >= 15 is 0 Å². The van der Waals surface area contributed by atoms with Crippen molar-refractivity contribution < 1.29 is 9.90 Å². The van der Waals surface area contributed by atoms with Crippen molar-refractivity contribution in [1.29, 1.82) is 0 Å². The summed E-state index contributed by atoms with van der Waals surface area (Å²) in [5.74, 6) is 0.292. The van der Waals surface area contributed by atoms with Crippen LogP contribution in [0.1, 0.15) is 51.9 Å². The second-order valence-corrected chi connectivity index (χ2v) is 6.12. The minimum Gasteiger partial charge on any atom is -0.395 e. The molecule has 0 aromatic heterocycles. The van der Waals surface area contributed by atoms with Gasteiger partial charge in [0.2, 0.25) is 5.91 Å². The van der Waals surface area contributed by atoms with Gasteiger partial charge < -0.3 is 15.3 Å². The van der Waals surface area contributed by atoms with Crippen molar-refractivity contribution in [3.8, 4) is 0 Å². The van der Waals surface area contributed by atoms with Crippen LogP contribution in [0.3, 0.4) is 0 Å². The molecule has 19 heavy (non-hydrogen) atoms. The van der Waals surface area contributed by atoms with Gasteiger partial charge in [-0.25, -0.2) is 0 Å². The number of carbonyl (C=O) groups is 1. The molecule has 2 N–H and O–H groups in total. The molecule has 1 heterocycles. The first-order chi connectivity index (χ1) is 9.23. The predicted molar refractivity (Wildman–Crippen MR) is 75.9 cm³/mol. The lowest BCUT2D eigenvalue weighted by molar-refractivity contribution is -0.149. The molecule has 0 spiro atoms. The minimum absolute atomic E-state index is 0.0812. The van der Waals surface area contributed by atoms with E-state index < -0.39 is 0 Å². The number of hydrogen-bond donors (Lipinski definition) is 2. The highest BCUT2D eigenvalue weighted by Crippen LogP contribution is 2.36. The molecule has 0 radical (unpaired) electrons. The molecule has 1 amide bonds. The highest BCUT2D eigenvalue weighted by molar-refractivity contribution is 5.83. The van der Waals surface area contributed by atoms with Crippen LogP contribution in [-0.4, -0.2) is 48.2 Å². The lowest BCUT2D eigenvalue weighted by Gasteiger charge is -2.45. The first-order valence-electron chi connectivity index (χ1n) is 7.86. The summed E-state index contributed by atoms with van der Waals surface area (Å²) < 4.78 is 0. The number of amides is 1. The Morgan fingerprint density at radius 1 is 1.42 bits per heavy atom. The zero-order valence-corrected chi connectivity index (χ0v) is 12.2. The van der Waals surface area contributed by atoms with Gasteiger partial charge in [0.1, 0.15) is 0 Å². The molecule has 110 valence electrons. The SMILES string of the molecule is CCCC1(C(=O)N(CCO)C2CCC2)CCCNC1. The molecule has 2 fully saturated rings. The second-order valence-electron chi connectivity index (χ2n) is 6.12. The molecule has 4 heteroatoms. The molecular formula is C15H28N2O2. The van der Waals surface area contributed by atoms with Crippen LogP contribution in [-0.2, 0) is 4.79 Å². The maximum absolute atomic E-state index is 13.0. The van der Waals surface area contributed by atoms with E-state index in [2.05, 4.69) is 12.2 Å². The highest BCUT2D eigenvalue weighted by Gasteiger charge is 2.43. The van der Waals surface area contributed by atoms with E-state index in [1.54, 1.807) is 0 Å². The Morgan fingerprint density at radius 2 is 2.21 bits per heavy atom. The molecular weight excluding hydrogens is 240 g/mol. The van der Waals surface area contributed by atoms with E-state index in [9.17, 15) is 9.90 Å². The number of nitrogens with zero attached hydrogens (tertiary/aromatic N) is 1. The Labute approximate surface area is 116 Å². The molecule has 1 saturated heterocycles. The smallest absolute Gasteiger partial charge is 0.230 e. The van der Waals surface area contributed by atoms with Gasteiger partial charge in [-0.05, 0) is 45.1 Å². The zero-order chi connectivity index (χ0) is 13.7. The van der Waals surface area contributed by atoms with Gasteiger partial charge in [-0.15, -0.1) is 0 Å². The topological polar surface area (TPSA) is 52.6 Å². The van der Waals surface area contributed by atoms with Gasteiger partial charge in [-0.2, -0.15) is 0 Å². The summed E-state index contributed by atoms with van der Waals surface area (Å²) >= 11 is 0. The molecule has 2 aliphatic rings. The summed E-state index contributed by atoms with van der Waals surface area (Å²) in [5.41, 5.74) is -0.211. The number of aliphatic hydroxyl groups is 1. The van der Waals surface area contributed by atoms with Crippen LogP contribution in [0.2, 0.25) is 0 Å². The van der Waals surface area contributed by atoms with Crippen molar-refractivity contribution in [3.63, 3.8) is 0 Å². The van der Waals surface area contributed by atoms with Crippen LogP contribution in [0.4, 0.5) is 0 Å². The van der Waals surface area contributed by atoms with E-state index in [4.69, 9.17) is 0 Å². The van der Waals surface area contributed by atoms with Gasteiger partial charge in [0.15, 0.2) is 0 Å². The Balaban J connectivity index is 2.11. The third kappa shape index (κ3) is 3.11. The number of nitrogens with one attached hydrogen (secondary N) is 1. The normalized spacial score (nSPS) is 27.9. The average Bonchev–Trinajstić information content (AvgIpc) is 2.37. The summed E-state index contributed by atoms with van der Waals surface area (Å²) in [4.78, 5) is 15.0. The molecule has 1 unspecified atom stereocenters. The van der Waals surface area contributed by atoms with Gasteiger partial charge >= 0.3 is 0 Å². The number of piperidine rings is 1. The number of aliphatic hydroxyl groups excluding tert-OH is 1. The van der Waals surface area contributed by atoms with Gasteiger partial charge in [0, 0.05) is 19.1 Å². The molecule has 2 rings (SSSR count). The molecule has 0 aromatic carbocycles. The van der Waals surface area contributed by atoms with Crippen molar-refractivity contribution in [1.82, 2.24) is 10.2 Å². The molecule has 1 atom stereocenters. The van der Waals surface area contributed by atoms with Crippen LogP contribution >= 0.6 is 0 Å². The van der Waals surface area contributed by atoms with Crippen molar-refractivity contribution in [2.24, 2.45) is 5.41 Å². The summed E-state index contributed by atoms with van der Waals surface area (Å²) in [5, 5.41) is 12.7. The summed E-state index contributed by atoms with van der Waals surface area (Å²) in [6, 6.07) is 0.385. The van der Waals surface area contributed by atoms with E-state index in [1.807, 2.05) is 4.90 Å². The van der Waals surface area contributed by atoms with E-state index in [-0.39, 0.29) is 12.0 Å². The molecule has 1 aliphatic heterocycles. The lowest BCUT2D eigenvalue weighted by Crippen LogP contribution is -2.56. The third-order valence-electron chi connectivity index (χ3n) is 4.77. The highest BCUT2D eigenvalue weighted by atomic mass is 16.3. The predicted octanol–water partition coefficient (Wildman–Crippen LogP) is 1.53. The third-order valence-corrected chi connectivity index (χ3v) is 4.77. The minimum atomic E-state index is -0.211. The largest absolute Gasteiger partial charge is 0.395 e. The molecule has 1 saturated carbocycles. The maximum Gasteiger partial charge on any atom is 0.230 e. The lowest BCUT2D eigenvalue weighted by atomic mass is 9.74. The van der Waals surface area contributed by atoms with E-state index in [0.29, 0.717) is 18.5 Å². The van der Waals surface area contributed by atoms with Gasteiger partial charge in [0.05, 0.1) is 12.0 Å². The Hall–Kier alpha value is -0.610. The molecule has 1 aliphatic carbocycles. The van der Waals surface area contributed by atoms with Crippen molar-refractivity contribution >= 4 is 5.91 Å². The first kappa shape index (κ1) is 14.8. The van der Waals surface area contributed by atoms with E-state index in [0.717, 1.165) is 51.6 Å². The van der Waals surface area contributed by atoms with Gasteiger partial charge in [0.25, 0.3) is 0 Å². The van der Waals surface area contributed by atoms with Crippen molar-refractivity contribution in [2.45, 2.75) is 57.9 Å². The summed E-state index contributed by atoms with van der Waals surface area (Å²) in [6.07, 6.45) is 7.55. The fourth-order valence-corrected chi connectivity index (χ4v) is 3.51. The number of rotatable bonds is 6. The Morgan fingerprint density at radius 3 is 2.68 bits per heavy atom. The maximum atomic E-state index is 13.0. The molecule has 0 bridgehead atoms. The van der Waals surface area contributed by atoms with Crippen LogP contribution < -0.4 is 5.32 Å². The Kier molecular flexibility index (Phi) is 5.22. The number of hydrogen-bond acceptors (Lipinski definition) is 3. The zero-order valence-electron chi connectivity index (χ0n) is 12.2. The molecule has 4 nitrogen and oxygen atoms in total. The average molecular weight is 268 g/mol. The number of carbonyl (C=O) groups excluding carboxylic acids is 1. The van der Waals surface area contributed by atoms with Crippen molar-refractivity contribution in [2.75, 3.05) is 26.2 Å².